The summed E-state index contributed by atoms with van der Waals surface area (Å²) in [5, 5.41) is 8.66. The molecule has 0 heterocycles. The summed E-state index contributed by atoms with van der Waals surface area (Å²) in [5.74, 6) is 0.686. The molecule has 80 valence electrons. The topological polar surface area (TPSA) is 68.3 Å². The number of hydrogen-bond donors (Lipinski definition) is 1. The fourth-order valence-corrected chi connectivity index (χ4v) is 1.06. The number of rotatable bonds is 6. The Morgan fingerprint density at radius 1 is 1.27 bits per heavy atom. The van der Waals surface area contributed by atoms with E-state index in [4.69, 9.17) is 20.5 Å². The van der Waals surface area contributed by atoms with E-state index in [1.807, 2.05) is 6.07 Å². The minimum atomic E-state index is 0.467. The lowest BCUT2D eigenvalue weighted by Crippen LogP contribution is -2.13. The van der Waals surface area contributed by atoms with Crippen molar-refractivity contribution in [2.45, 2.75) is 0 Å². The number of benzene rings is 1. The maximum absolute atomic E-state index is 8.66. The average molecular weight is 206 g/mol. The summed E-state index contributed by atoms with van der Waals surface area (Å²) >= 11 is 0. The van der Waals surface area contributed by atoms with Crippen LogP contribution in [0.4, 0.5) is 0 Å². The minimum absolute atomic E-state index is 0.467. The van der Waals surface area contributed by atoms with Crippen molar-refractivity contribution in [2.24, 2.45) is 5.73 Å². The van der Waals surface area contributed by atoms with Crippen molar-refractivity contribution in [2.75, 3.05) is 26.4 Å². The Morgan fingerprint density at radius 3 is 2.87 bits per heavy atom. The maximum Gasteiger partial charge on any atom is 0.120 e. The Labute approximate surface area is 89.2 Å². The van der Waals surface area contributed by atoms with Crippen LogP contribution in [0.25, 0.3) is 0 Å². The number of nitrogens with two attached hydrogens (primary N) is 1. The molecule has 0 saturated heterocycles. The highest BCUT2D eigenvalue weighted by Crippen LogP contribution is 2.11. The summed E-state index contributed by atoms with van der Waals surface area (Å²) in [5.41, 5.74) is 5.85. The molecule has 0 atom stereocenters. The van der Waals surface area contributed by atoms with Gasteiger partial charge in [0, 0.05) is 6.54 Å². The van der Waals surface area contributed by atoms with Gasteiger partial charge in [-0.25, -0.2) is 0 Å². The van der Waals surface area contributed by atoms with Gasteiger partial charge in [-0.3, -0.25) is 0 Å². The smallest absolute Gasteiger partial charge is 0.120 e. The van der Waals surface area contributed by atoms with Crippen molar-refractivity contribution in [3.63, 3.8) is 0 Å². The SMILES string of the molecule is N#Cc1cccc(OCCOCCN)c1. The number of ether oxygens (including phenoxy) is 2. The van der Waals surface area contributed by atoms with E-state index in [0.29, 0.717) is 37.7 Å². The molecule has 0 aliphatic heterocycles. The van der Waals surface area contributed by atoms with Crippen LogP contribution in [-0.2, 0) is 4.74 Å². The molecule has 0 spiro atoms. The van der Waals surface area contributed by atoms with Gasteiger partial charge in [-0.1, -0.05) is 6.07 Å². The van der Waals surface area contributed by atoms with Crippen molar-refractivity contribution in [1.82, 2.24) is 0 Å². The van der Waals surface area contributed by atoms with Gasteiger partial charge in [0.25, 0.3) is 0 Å². The van der Waals surface area contributed by atoms with Crippen LogP contribution < -0.4 is 10.5 Å². The highest BCUT2D eigenvalue weighted by atomic mass is 16.5. The van der Waals surface area contributed by atoms with Crippen LogP contribution >= 0.6 is 0 Å². The van der Waals surface area contributed by atoms with Crippen LogP contribution in [0.1, 0.15) is 5.56 Å². The Morgan fingerprint density at radius 2 is 2.13 bits per heavy atom. The van der Waals surface area contributed by atoms with Crippen LogP contribution in [-0.4, -0.2) is 26.4 Å². The summed E-state index contributed by atoms with van der Waals surface area (Å²) in [4.78, 5) is 0. The van der Waals surface area contributed by atoms with Crippen molar-refractivity contribution in [3.8, 4) is 11.8 Å². The van der Waals surface area contributed by atoms with Crippen molar-refractivity contribution < 1.29 is 9.47 Å². The summed E-state index contributed by atoms with van der Waals surface area (Å²) in [6, 6.07) is 9.08. The zero-order valence-electron chi connectivity index (χ0n) is 8.48. The average Bonchev–Trinajstić information content (AvgIpc) is 2.29. The van der Waals surface area contributed by atoms with Crippen LogP contribution in [0.2, 0.25) is 0 Å². The van der Waals surface area contributed by atoms with E-state index in [1.54, 1.807) is 18.2 Å². The van der Waals surface area contributed by atoms with Gasteiger partial charge in [-0.2, -0.15) is 5.26 Å². The zero-order chi connectivity index (χ0) is 10.9. The second kappa shape index (κ2) is 6.82. The fraction of sp³-hybridized carbons (Fsp3) is 0.364. The van der Waals surface area contributed by atoms with E-state index in [2.05, 4.69) is 6.07 Å². The van der Waals surface area contributed by atoms with Gasteiger partial charge >= 0.3 is 0 Å². The maximum atomic E-state index is 8.66. The molecule has 0 amide bonds. The van der Waals surface area contributed by atoms with Gasteiger partial charge in [-0.05, 0) is 18.2 Å². The van der Waals surface area contributed by atoms with Crippen LogP contribution in [0, 0.1) is 11.3 Å². The molecule has 0 unspecified atom stereocenters. The second-order valence-electron chi connectivity index (χ2n) is 2.89. The molecule has 0 saturated carbocycles. The first kappa shape index (κ1) is 11.5. The summed E-state index contributed by atoms with van der Waals surface area (Å²) in [6.45, 7) is 2.04. The molecule has 0 radical (unpaired) electrons. The van der Waals surface area contributed by atoms with E-state index in [-0.39, 0.29) is 0 Å². The third-order valence-electron chi connectivity index (χ3n) is 1.72. The molecule has 0 aliphatic rings. The van der Waals surface area contributed by atoms with Gasteiger partial charge in [0.05, 0.1) is 24.8 Å². The molecule has 0 aromatic heterocycles. The molecule has 4 nitrogen and oxygen atoms in total. The predicted molar refractivity (Wildman–Crippen MR) is 56.5 cm³/mol. The van der Waals surface area contributed by atoms with Crippen molar-refractivity contribution in [1.29, 1.82) is 5.26 Å². The summed E-state index contributed by atoms with van der Waals surface area (Å²) < 4.78 is 10.5. The van der Waals surface area contributed by atoms with Crippen molar-refractivity contribution in [3.05, 3.63) is 29.8 Å². The predicted octanol–water partition coefficient (Wildman–Crippen LogP) is 0.912. The molecule has 2 N–H and O–H groups in total. The third kappa shape index (κ3) is 4.45. The fourth-order valence-electron chi connectivity index (χ4n) is 1.06. The molecule has 0 fully saturated rings. The Kier molecular flexibility index (Phi) is 5.23. The molecule has 0 bridgehead atoms. The minimum Gasteiger partial charge on any atom is -0.491 e. The highest BCUT2D eigenvalue weighted by Gasteiger charge is 1.95. The van der Waals surface area contributed by atoms with E-state index in [9.17, 15) is 0 Å². The van der Waals surface area contributed by atoms with Gasteiger partial charge < -0.3 is 15.2 Å². The first-order chi connectivity index (χ1) is 7.36. The third-order valence-corrected chi connectivity index (χ3v) is 1.72. The Balaban J connectivity index is 2.28. The molecule has 4 heteroatoms. The first-order valence-electron chi connectivity index (χ1n) is 4.77. The van der Waals surface area contributed by atoms with E-state index >= 15 is 0 Å². The lowest BCUT2D eigenvalue weighted by molar-refractivity contribution is 0.106. The molecule has 1 rings (SSSR count). The lowest BCUT2D eigenvalue weighted by atomic mass is 10.2. The Hall–Kier alpha value is -1.57. The van der Waals surface area contributed by atoms with E-state index in [0.717, 1.165) is 0 Å². The monoisotopic (exact) mass is 206 g/mol. The van der Waals surface area contributed by atoms with Crippen LogP contribution in [0.5, 0.6) is 5.75 Å². The Bertz CT molecular complexity index is 334. The number of nitrogens with zero attached hydrogens (tertiary/aromatic N) is 1. The molecule has 15 heavy (non-hydrogen) atoms. The van der Waals surface area contributed by atoms with Crippen molar-refractivity contribution >= 4 is 0 Å². The van der Waals surface area contributed by atoms with E-state index < -0.39 is 0 Å². The summed E-state index contributed by atoms with van der Waals surface area (Å²) in [6.07, 6.45) is 0. The largest absolute Gasteiger partial charge is 0.491 e. The summed E-state index contributed by atoms with van der Waals surface area (Å²) in [7, 11) is 0. The van der Waals surface area contributed by atoms with Crippen LogP contribution in [0.3, 0.4) is 0 Å². The molecular weight excluding hydrogens is 192 g/mol. The number of hydrogen-bond acceptors (Lipinski definition) is 4. The van der Waals surface area contributed by atoms with Gasteiger partial charge in [0.15, 0.2) is 0 Å². The standard InChI is InChI=1S/C11H14N2O2/c12-4-5-14-6-7-15-11-3-1-2-10(8-11)9-13/h1-3,8H,4-7,12H2. The normalized spacial score (nSPS) is 9.60. The quantitative estimate of drug-likeness (QED) is 0.702. The molecule has 0 aliphatic carbocycles. The van der Waals surface area contributed by atoms with Gasteiger partial charge in [0.1, 0.15) is 12.4 Å². The lowest BCUT2D eigenvalue weighted by Gasteiger charge is -2.06. The zero-order valence-corrected chi connectivity index (χ0v) is 8.48. The molecule has 1 aromatic rings. The van der Waals surface area contributed by atoms with E-state index in [1.165, 1.54) is 0 Å². The second-order valence-corrected chi connectivity index (χ2v) is 2.89. The highest BCUT2D eigenvalue weighted by molar-refractivity contribution is 5.36. The van der Waals surface area contributed by atoms with Gasteiger partial charge in [-0.15, -0.1) is 0 Å². The first-order valence-corrected chi connectivity index (χ1v) is 4.77. The molecular formula is C11H14N2O2. The number of nitriles is 1. The van der Waals surface area contributed by atoms with Crippen LogP contribution in [0.15, 0.2) is 24.3 Å². The van der Waals surface area contributed by atoms with Gasteiger partial charge in [0.2, 0.25) is 0 Å². The molecule has 1 aromatic carbocycles.